The van der Waals surface area contributed by atoms with Gasteiger partial charge in [-0.25, -0.2) is 18.1 Å². The van der Waals surface area contributed by atoms with Gasteiger partial charge in [0, 0.05) is 25.3 Å². The van der Waals surface area contributed by atoms with Gasteiger partial charge >= 0.3 is 0 Å². The maximum Gasteiger partial charge on any atom is 0.250 e. The molecule has 1 aliphatic heterocycles. The monoisotopic (exact) mass is 352 g/mol. The molecule has 1 unspecified atom stereocenters. The molecule has 0 aliphatic carbocycles. The Morgan fingerprint density at radius 2 is 2.17 bits per heavy atom. The van der Waals surface area contributed by atoms with E-state index in [0.29, 0.717) is 25.2 Å². The van der Waals surface area contributed by atoms with Crippen molar-refractivity contribution in [3.05, 3.63) is 24.5 Å². The molecular weight excluding hydrogens is 332 g/mol. The average molecular weight is 352 g/mol. The lowest BCUT2D eigenvalue weighted by Crippen LogP contribution is -2.46. The summed E-state index contributed by atoms with van der Waals surface area (Å²) >= 11 is 0. The molecule has 0 saturated carbocycles. The molecule has 1 amide bonds. The Kier molecular flexibility index (Phi) is 3.94. The standard InChI is InChI=1S/C14H20N6O3S/c1-14(2,20-9-15-8-17-20)13(21)19-5-4-10(7-19)12-11(6-16-18-12)24(3,22)23/h6,8-10H,4-5,7H2,1-3H3,(H,16,18). The number of aromatic amines is 1. The van der Waals surface area contributed by atoms with Gasteiger partial charge in [0.15, 0.2) is 9.84 Å². The van der Waals surface area contributed by atoms with Gasteiger partial charge in [0.05, 0.1) is 11.9 Å². The third kappa shape index (κ3) is 2.81. The lowest BCUT2D eigenvalue weighted by molar-refractivity contribution is -0.138. The highest BCUT2D eigenvalue weighted by atomic mass is 32.2. The summed E-state index contributed by atoms with van der Waals surface area (Å²) in [5, 5.41) is 10.7. The van der Waals surface area contributed by atoms with Gasteiger partial charge in [-0.1, -0.05) is 0 Å². The first-order valence-corrected chi connectivity index (χ1v) is 9.48. The third-order valence-electron chi connectivity index (χ3n) is 4.43. The second-order valence-electron chi connectivity index (χ2n) is 6.56. The fraction of sp³-hybridized carbons (Fsp3) is 0.571. The molecule has 3 heterocycles. The second-order valence-corrected chi connectivity index (χ2v) is 8.54. The van der Waals surface area contributed by atoms with Crippen LogP contribution in [0.2, 0.25) is 0 Å². The highest BCUT2D eigenvalue weighted by Crippen LogP contribution is 2.32. The van der Waals surface area contributed by atoms with Crippen LogP contribution in [-0.2, 0) is 20.2 Å². The van der Waals surface area contributed by atoms with Crippen LogP contribution in [0.3, 0.4) is 0 Å². The Morgan fingerprint density at radius 3 is 2.79 bits per heavy atom. The van der Waals surface area contributed by atoms with E-state index in [1.165, 1.54) is 23.5 Å². The van der Waals surface area contributed by atoms with Gasteiger partial charge in [0.2, 0.25) is 5.91 Å². The molecular formula is C14H20N6O3S. The number of hydrogen-bond donors (Lipinski definition) is 1. The van der Waals surface area contributed by atoms with Gasteiger partial charge < -0.3 is 4.90 Å². The van der Waals surface area contributed by atoms with E-state index < -0.39 is 15.4 Å². The maximum absolute atomic E-state index is 12.9. The number of amides is 1. The van der Waals surface area contributed by atoms with Crippen molar-refractivity contribution < 1.29 is 13.2 Å². The summed E-state index contributed by atoms with van der Waals surface area (Å²) < 4.78 is 25.2. The second kappa shape index (κ2) is 5.69. The highest BCUT2D eigenvalue weighted by molar-refractivity contribution is 7.90. The Labute approximate surface area is 140 Å². The minimum absolute atomic E-state index is 0.0732. The summed E-state index contributed by atoms with van der Waals surface area (Å²) in [6.45, 7) is 4.58. The number of carbonyl (C=O) groups excluding carboxylic acids is 1. The predicted molar refractivity (Wildman–Crippen MR) is 85.0 cm³/mol. The normalized spacial score (nSPS) is 19.0. The number of likely N-dealkylation sites (tertiary alicyclic amines) is 1. The van der Waals surface area contributed by atoms with Gasteiger partial charge in [-0.2, -0.15) is 10.2 Å². The molecule has 9 nitrogen and oxygen atoms in total. The Bertz CT molecular complexity index is 840. The molecule has 0 radical (unpaired) electrons. The lowest BCUT2D eigenvalue weighted by Gasteiger charge is -2.29. The number of nitrogens with one attached hydrogen (secondary N) is 1. The molecule has 1 fully saturated rings. The summed E-state index contributed by atoms with van der Waals surface area (Å²) in [5.41, 5.74) is -0.273. The van der Waals surface area contributed by atoms with E-state index in [1.54, 1.807) is 18.7 Å². The van der Waals surface area contributed by atoms with E-state index in [0.717, 1.165) is 6.26 Å². The molecule has 1 aliphatic rings. The van der Waals surface area contributed by atoms with E-state index in [2.05, 4.69) is 20.3 Å². The summed E-state index contributed by atoms with van der Waals surface area (Å²) in [7, 11) is -3.35. The molecule has 0 aromatic carbocycles. The first kappa shape index (κ1) is 16.6. The molecule has 0 bridgehead atoms. The zero-order valence-electron chi connectivity index (χ0n) is 13.8. The van der Waals surface area contributed by atoms with Crippen LogP contribution >= 0.6 is 0 Å². The lowest BCUT2D eigenvalue weighted by atomic mass is 10.0. The van der Waals surface area contributed by atoms with E-state index in [4.69, 9.17) is 0 Å². The molecule has 1 saturated heterocycles. The quantitative estimate of drug-likeness (QED) is 0.838. The Hall–Kier alpha value is -2.23. The van der Waals surface area contributed by atoms with Crippen molar-refractivity contribution in [1.82, 2.24) is 29.9 Å². The largest absolute Gasteiger partial charge is 0.340 e. The molecule has 130 valence electrons. The third-order valence-corrected chi connectivity index (χ3v) is 5.55. The summed E-state index contributed by atoms with van der Waals surface area (Å²) in [5.74, 6) is -0.149. The fourth-order valence-electron chi connectivity index (χ4n) is 3.04. The Morgan fingerprint density at radius 1 is 1.42 bits per heavy atom. The van der Waals surface area contributed by atoms with Crippen LogP contribution in [-0.4, -0.2) is 63.5 Å². The molecule has 0 spiro atoms. The smallest absolute Gasteiger partial charge is 0.250 e. The number of sulfone groups is 1. The molecule has 1 atom stereocenters. The van der Waals surface area contributed by atoms with Gasteiger partial charge in [-0.05, 0) is 20.3 Å². The van der Waals surface area contributed by atoms with Crippen molar-refractivity contribution in [3.8, 4) is 0 Å². The van der Waals surface area contributed by atoms with Crippen LogP contribution in [0.5, 0.6) is 0 Å². The average Bonchev–Trinajstić information content (AvgIpc) is 3.23. The number of nitrogens with zero attached hydrogens (tertiary/aromatic N) is 5. The van der Waals surface area contributed by atoms with Crippen LogP contribution in [0.15, 0.2) is 23.7 Å². The van der Waals surface area contributed by atoms with Gasteiger partial charge in [-0.3, -0.25) is 9.89 Å². The number of H-pyrrole nitrogens is 1. The molecule has 3 rings (SSSR count). The highest BCUT2D eigenvalue weighted by Gasteiger charge is 2.39. The predicted octanol–water partition coefficient (Wildman–Crippen LogP) is 0.156. The molecule has 24 heavy (non-hydrogen) atoms. The molecule has 2 aromatic rings. The van der Waals surface area contributed by atoms with Crippen LogP contribution in [0.4, 0.5) is 0 Å². The number of aromatic nitrogens is 5. The SMILES string of the molecule is CC(C)(C(=O)N1CCC(c2[nH]ncc2S(C)(=O)=O)C1)n1cncn1. The van der Waals surface area contributed by atoms with Crippen molar-refractivity contribution >= 4 is 15.7 Å². The van der Waals surface area contributed by atoms with Crippen molar-refractivity contribution in [1.29, 1.82) is 0 Å². The maximum atomic E-state index is 12.9. The minimum Gasteiger partial charge on any atom is -0.340 e. The first-order chi connectivity index (χ1) is 11.2. The Balaban J connectivity index is 1.79. The molecule has 1 N–H and O–H groups in total. The minimum atomic E-state index is -3.35. The van der Waals surface area contributed by atoms with E-state index >= 15 is 0 Å². The zero-order valence-corrected chi connectivity index (χ0v) is 14.6. The van der Waals surface area contributed by atoms with E-state index in [1.807, 2.05) is 0 Å². The van der Waals surface area contributed by atoms with Gasteiger partial charge in [-0.15, -0.1) is 0 Å². The van der Waals surface area contributed by atoms with E-state index in [-0.39, 0.29) is 16.7 Å². The van der Waals surface area contributed by atoms with Crippen molar-refractivity contribution in [2.75, 3.05) is 19.3 Å². The number of hydrogen-bond acceptors (Lipinski definition) is 6. The van der Waals surface area contributed by atoms with Crippen LogP contribution in [0.1, 0.15) is 31.9 Å². The molecule has 2 aromatic heterocycles. The van der Waals surface area contributed by atoms with Crippen LogP contribution < -0.4 is 0 Å². The van der Waals surface area contributed by atoms with Crippen molar-refractivity contribution in [2.45, 2.75) is 36.6 Å². The topological polar surface area (TPSA) is 114 Å². The fourth-order valence-corrected chi connectivity index (χ4v) is 3.89. The van der Waals surface area contributed by atoms with Crippen LogP contribution in [0, 0.1) is 0 Å². The zero-order chi connectivity index (χ0) is 17.5. The van der Waals surface area contributed by atoms with Gasteiger partial charge in [0.25, 0.3) is 0 Å². The van der Waals surface area contributed by atoms with Crippen molar-refractivity contribution in [2.24, 2.45) is 0 Å². The number of carbonyl (C=O) groups is 1. The summed E-state index contributed by atoms with van der Waals surface area (Å²) in [6, 6.07) is 0. The first-order valence-electron chi connectivity index (χ1n) is 7.59. The number of rotatable bonds is 4. The van der Waals surface area contributed by atoms with E-state index in [9.17, 15) is 13.2 Å². The van der Waals surface area contributed by atoms with Crippen LogP contribution in [0.25, 0.3) is 0 Å². The van der Waals surface area contributed by atoms with Crippen molar-refractivity contribution in [3.63, 3.8) is 0 Å². The van der Waals surface area contributed by atoms with Gasteiger partial charge in [0.1, 0.15) is 23.1 Å². The molecule has 10 heteroatoms. The summed E-state index contributed by atoms with van der Waals surface area (Å²) in [4.78, 5) is 18.7. The summed E-state index contributed by atoms with van der Waals surface area (Å²) in [6.07, 6.45) is 6.08.